The number of aryl methyl sites for hydroxylation is 1. The molecule has 1 atom stereocenters. The quantitative estimate of drug-likeness (QED) is 0.548. The summed E-state index contributed by atoms with van der Waals surface area (Å²) in [6, 6.07) is 9.80. The molecule has 0 aliphatic rings. The minimum absolute atomic E-state index is 0.00429. The summed E-state index contributed by atoms with van der Waals surface area (Å²) in [5, 5.41) is 0. The first-order valence-corrected chi connectivity index (χ1v) is 8.83. The Morgan fingerprint density at radius 2 is 1.95 bits per heavy atom. The number of hydrogen-bond acceptors (Lipinski definition) is 4. The predicted molar refractivity (Wildman–Crippen MR) is 85.6 cm³/mol. The van der Waals surface area contributed by atoms with Crippen molar-refractivity contribution in [1.82, 2.24) is 0 Å². The summed E-state index contributed by atoms with van der Waals surface area (Å²) in [5.41, 5.74) is 6.43. The summed E-state index contributed by atoms with van der Waals surface area (Å²) in [4.78, 5) is 9.64. The first kappa shape index (κ1) is 18.2. The molecule has 0 aliphatic heterocycles. The lowest BCUT2D eigenvalue weighted by Gasteiger charge is -2.28. The number of terminal acetylenes is 1. The molecule has 0 aromatic heterocycles. The van der Waals surface area contributed by atoms with Crippen LogP contribution in [0.25, 0.3) is 0 Å². The van der Waals surface area contributed by atoms with Gasteiger partial charge in [0.15, 0.2) is 9.84 Å². The first-order chi connectivity index (χ1) is 10.3. The maximum Gasteiger partial charge on any atom is 0.265 e. The van der Waals surface area contributed by atoms with E-state index in [1.807, 2.05) is 30.3 Å². The van der Waals surface area contributed by atoms with Crippen molar-refractivity contribution in [3.8, 4) is 12.3 Å². The highest BCUT2D eigenvalue weighted by molar-refractivity contribution is 7.92. The number of primary amides is 1. The van der Waals surface area contributed by atoms with Crippen LogP contribution in [0.5, 0.6) is 0 Å². The van der Waals surface area contributed by atoms with Gasteiger partial charge >= 0.3 is 0 Å². The molecule has 0 aliphatic carbocycles. The van der Waals surface area contributed by atoms with E-state index in [9.17, 15) is 13.2 Å². The molecule has 22 heavy (non-hydrogen) atoms. The van der Waals surface area contributed by atoms with Crippen LogP contribution >= 0.6 is 0 Å². The van der Waals surface area contributed by atoms with E-state index in [2.05, 4.69) is 5.92 Å². The van der Waals surface area contributed by atoms with Crippen molar-refractivity contribution in [3.05, 3.63) is 35.9 Å². The van der Waals surface area contributed by atoms with Gasteiger partial charge in [-0.2, -0.15) is 0 Å². The highest BCUT2D eigenvalue weighted by Crippen LogP contribution is 2.26. The molecule has 0 heterocycles. The molecule has 1 aromatic rings. The topological polar surface area (TPSA) is 86.5 Å². The maximum atomic E-state index is 12.0. The number of ether oxygens (including phenoxy) is 1. The molecule has 0 saturated heterocycles. The lowest BCUT2D eigenvalue weighted by Crippen LogP contribution is -2.52. The van der Waals surface area contributed by atoms with Gasteiger partial charge in [0.2, 0.25) is 4.93 Å². The fourth-order valence-corrected chi connectivity index (χ4v) is 3.39. The third-order valence-electron chi connectivity index (χ3n) is 3.43. The molecule has 0 radical (unpaired) electrons. The molecule has 0 fully saturated rings. The van der Waals surface area contributed by atoms with Crippen molar-refractivity contribution in [2.45, 2.75) is 30.6 Å². The van der Waals surface area contributed by atoms with Gasteiger partial charge < -0.3 is 10.5 Å². The standard InChI is InChI=1S/C16H21NO4S/c1-3-13-21-16(15(17)18,22(2,19)20)12-8-7-11-14-9-5-4-6-10-14/h1,4-6,9-10H,7-8,11-13H2,2H3,(H2,17,18). The van der Waals surface area contributed by atoms with E-state index < -0.39 is 20.7 Å². The molecular formula is C16H21NO4S. The lowest BCUT2D eigenvalue weighted by atomic mass is 10.0. The summed E-state index contributed by atoms with van der Waals surface area (Å²) in [6.45, 7) is -0.283. The van der Waals surface area contributed by atoms with Crippen LogP contribution in [0.2, 0.25) is 0 Å². The van der Waals surface area contributed by atoms with Gasteiger partial charge in [0.1, 0.15) is 6.61 Å². The second kappa shape index (κ2) is 7.97. The molecule has 0 bridgehead atoms. The highest BCUT2D eigenvalue weighted by atomic mass is 32.2. The molecule has 1 rings (SSSR count). The molecule has 120 valence electrons. The van der Waals surface area contributed by atoms with E-state index in [1.54, 1.807) is 0 Å². The fraction of sp³-hybridized carbons (Fsp3) is 0.438. The smallest absolute Gasteiger partial charge is 0.265 e. The minimum atomic E-state index is -3.84. The van der Waals surface area contributed by atoms with Crippen LogP contribution in [0, 0.1) is 12.3 Å². The van der Waals surface area contributed by atoms with Gasteiger partial charge in [-0.15, -0.1) is 6.42 Å². The highest BCUT2D eigenvalue weighted by Gasteiger charge is 2.47. The number of hydrogen-bond donors (Lipinski definition) is 1. The van der Waals surface area contributed by atoms with Gasteiger partial charge in [-0.1, -0.05) is 36.3 Å². The summed E-state index contributed by atoms with van der Waals surface area (Å²) in [5.74, 6) is 1.15. The normalized spacial score (nSPS) is 14.0. The molecular weight excluding hydrogens is 302 g/mol. The molecule has 2 N–H and O–H groups in total. The zero-order chi connectivity index (χ0) is 16.6. The SMILES string of the molecule is C#CCOC(CCCCc1ccccc1)(C(N)=O)S(C)(=O)=O. The fourth-order valence-electron chi connectivity index (χ4n) is 2.23. The lowest BCUT2D eigenvalue weighted by molar-refractivity contribution is -0.133. The van der Waals surface area contributed by atoms with E-state index in [0.717, 1.165) is 18.2 Å². The number of unbranched alkanes of at least 4 members (excludes halogenated alkanes) is 1. The van der Waals surface area contributed by atoms with E-state index in [-0.39, 0.29) is 13.0 Å². The van der Waals surface area contributed by atoms with Gasteiger partial charge in [-0.05, 0) is 24.8 Å². The van der Waals surface area contributed by atoms with Crippen LogP contribution in [-0.2, 0) is 25.8 Å². The number of nitrogens with two attached hydrogens (primary N) is 1. The summed E-state index contributed by atoms with van der Waals surface area (Å²) in [6.07, 6.45) is 8.00. The third kappa shape index (κ3) is 4.58. The summed E-state index contributed by atoms with van der Waals surface area (Å²) < 4.78 is 29.1. The van der Waals surface area contributed by atoms with Crippen LogP contribution in [0.3, 0.4) is 0 Å². The second-order valence-electron chi connectivity index (χ2n) is 5.07. The summed E-state index contributed by atoms with van der Waals surface area (Å²) >= 11 is 0. The Labute approximate surface area is 131 Å². The zero-order valence-electron chi connectivity index (χ0n) is 12.6. The number of sulfone groups is 1. The van der Waals surface area contributed by atoms with Crippen molar-refractivity contribution in [1.29, 1.82) is 0 Å². The van der Waals surface area contributed by atoms with Crippen molar-refractivity contribution in [2.75, 3.05) is 12.9 Å². The number of carbonyl (C=O) groups is 1. The molecule has 0 spiro atoms. The average molecular weight is 323 g/mol. The molecule has 0 saturated carbocycles. The van der Waals surface area contributed by atoms with E-state index in [4.69, 9.17) is 16.9 Å². The zero-order valence-corrected chi connectivity index (χ0v) is 13.4. The average Bonchev–Trinajstić information content (AvgIpc) is 2.46. The minimum Gasteiger partial charge on any atom is -0.366 e. The maximum absolute atomic E-state index is 12.0. The van der Waals surface area contributed by atoms with Gasteiger partial charge in [-0.25, -0.2) is 8.42 Å². The van der Waals surface area contributed by atoms with Crippen LogP contribution in [-0.4, -0.2) is 32.1 Å². The second-order valence-corrected chi connectivity index (χ2v) is 7.28. The Balaban J connectivity index is 2.73. The van der Waals surface area contributed by atoms with Crippen LogP contribution in [0.1, 0.15) is 24.8 Å². The molecule has 1 amide bonds. The van der Waals surface area contributed by atoms with Crippen molar-refractivity contribution in [3.63, 3.8) is 0 Å². The molecule has 6 heteroatoms. The number of rotatable bonds is 9. The van der Waals surface area contributed by atoms with E-state index >= 15 is 0 Å². The van der Waals surface area contributed by atoms with Gasteiger partial charge in [0.25, 0.3) is 5.91 Å². The Kier molecular flexibility index (Phi) is 6.60. The third-order valence-corrected chi connectivity index (χ3v) is 5.15. The Morgan fingerprint density at radius 3 is 2.45 bits per heavy atom. The largest absolute Gasteiger partial charge is 0.366 e. The first-order valence-electron chi connectivity index (χ1n) is 6.94. The van der Waals surface area contributed by atoms with E-state index in [0.29, 0.717) is 12.8 Å². The number of carbonyl (C=O) groups excluding carboxylic acids is 1. The molecule has 1 aromatic carbocycles. The van der Waals surface area contributed by atoms with Crippen molar-refractivity contribution >= 4 is 15.7 Å². The molecule has 5 nitrogen and oxygen atoms in total. The van der Waals surface area contributed by atoms with Crippen LogP contribution in [0.4, 0.5) is 0 Å². The monoisotopic (exact) mass is 323 g/mol. The van der Waals surface area contributed by atoms with Crippen molar-refractivity contribution in [2.24, 2.45) is 5.73 Å². The number of benzene rings is 1. The van der Waals surface area contributed by atoms with E-state index in [1.165, 1.54) is 0 Å². The van der Waals surface area contributed by atoms with Gasteiger partial charge in [0, 0.05) is 12.7 Å². The van der Waals surface area contributed by atoms with Crippen LogP contribution < -0.4 is 5.73 Å². The Bertz CT molecular complexity index is 634. The van der Waals surface area contributed by atoms with Crippen molar-refractivity contribution < 1.29 is 17.9 Å². The van der Waals surface area contributed by atoms with Crippen LogP contribution in [0.15, 0.2) is 30.3 Å². The Morgan fingerprint density at radius 1 is 1.32 bits per heavy atom. The molecule has 1 unspecified atom stereocenters. The predicted octanol–water partition coefficient (Wildman–Crippen LogP) is 1.28. The summed E-state index contributed by atoms with van der Waals surface area (Å²) in [7, 11) is -3.84. The Hall–Kier alpha value is -1.84. The van der Waals surface area contributed by atoms with Gasteiger partial charge in [0.05, 0.1) is 0 Å². The number of amides is 1. The van der Waals surface area contributed by atoms with Gasteiger partial charge in [-0.3, -0.25) is 4.79 Å².